The maximum atomic E-state index is 14.1. The lowest BCUT2D eigenvalue weighted by Crippen LogP contribution is -2.40. The third-order valence-electron chi connectivity index (χ3n) is 2.69. The Morgan fingerprint density at radius 2 is 1.81 bits per heavy atom. The van der Waals surface area contributed by atoms with Gasteiger partial charge in [0.1, 0.15) is 5.75 Å². The molecule has 0 aliphatic carbocycles. The third-order valence-corrected chi connectivity index (χ3v) is 2.69. The summed E-state index contributed by atoms with van der Waals surface area (Å²) in [6.45, 7) is 7.63. The molecule has 116 valence electrons. The van der Waals surface area contributed by atoms with Gasteiger partial charge >= 0.3 is 11.9 Å². The van der Waals surface area contributed by atoms with E-state index < -0.39 is 23.4 Å². The number of carbonyl (C=O) groups excluding carboxylic acids is 2. The second-order valence-corrected chi connectivity index (χ2v) is 4.93. The van der Waals surface area contributed by atoms with Gasteiger partial charge in [-0.3, -0.25) is 4.79 Å². The Labute approximate surface area is 123 Å². The quantitative estimate of drug-likeness (QED) is 0.618. The Hall–Kier alpha value is -2.11. The highest BCUT2D eigenvalue weighted by atomic mass is 19.1. The Kier molecular flexibility index (Phi) is 5.29. The number of esters is 2. The lowest BCUT2D eigenvalue weighted by atomic mass is 10.1. The molecule has 0 aliphatic heterocycles. The average molecular weight is 298 g/mol. The largest absolute Gasteiger partial charge is 0.476 e. The fraction of sp³-hybridized carbons (Fsp3) is 0.467. The highest BCUT2D eigenvalue weighted by Crippen LogP contribution is 2.31. The minimum Gasteiger partial charge on any atom is -0.476 e. The first-order valence-corrected chi connectivity index (χ1v) is 6.52. The summed E-state index contributed by atoms with van der Waals surface area (Å²) in [6, 6.07) is 2.72. The first kappa shape index (κ1) is 16.9. The molecule has 0 unspecified atom stereocenters. The summed E-state index contributed by atoms with van der Waals surface area (Å²) in [5.74, 6) is -1.87. The number of rotatable bonds is 5. The van der Waals surface area contributed by atoms with E-state index >= 15 is 0 Å². The molecule has 0 radical (unpaired) electrons. The molecule has 0 aliphatic rings. The Balaban J connectivity index is 3.02. The molecule has 6 heteroatoms. The van der Waals surface area contributed by atoms with Gasteiger partial charge in [0, 0.05) is 12.5 Å². The lowest BCUT2D eigenvalue weighted by molar-refractivity contribution is -0.158. The van der Waals surface area contributed by atoms with Crippen molar-refractivity contribution >= 4 is 11.9 Å². The molecule has 0 bridgehead atoms. The minimum absolute atomic E-state index is 0.145. The number of halogens is 1. The van der Waals surface area contributed by atoms with E-state index in [2.05, 4.69) is 0 Å². The van der Waals surface area contributed by atoms with Crippen LogP contribution in [-0.4, -0.2) is 24.1 Å². The van der Waals surface area contributed by atoms with Gasteiger partial charge in [-0.05, 0) is 39.8 Å². The monoisotopic (exact) mass is 298 g/mol. The highest BCUT2D eigenvalue weighted by Gasteiger charge is 2.32. The topological polar surface area (TPSA) is 61.8 Å². The van der Waals surface area contributed by atoms with E-state index in [-0.39, 0.29) is 23.7 Å². The average Bonchev–Trinajstić information content (AvgIpc) is 2.38. The molecule has 0 spiro atoms. The summed E-state index contributed by atoms with van der Waals surface area (Å²) in [6.07, 6.45) is 0. The standard InChI is InChI=1S/C15H19FO5/c1-6-19-14(18)15(4,5)21-11-7-8-12(20-10(3)17)13(16)9(11)2/h7-8H,6H2,1-5H3. The normalized spacial score (nSPS) is 11.0. The molecule has 21 heavy (non-hydrogen) atoms. The lowest BCUT2D eigenvalue weighted by Gasteiger charge is -2.25. The molecule has 5 nitrogen and oxygen atoms in total. The molecule has 0 atom stereocenters. The van der Waals surface area contributed by atoms with E-state index in [0.29, 0.717) is 0 Å². The molecule has 0 heterocycles. The first-order valence-electron chi connectivity index (χ1n) is 6.52. The highest BCUT2D eigenvalue weighted by molar-refractivity contribution is 5.79. The van der Waals surface area contributed by atoms with Crippen LogP contribution in [0.4, 0.5) is 4.39 Å². The van der Waals surface area contributed by atoms with Crippen LogP contribution in [0.1, 0.15) is 33.3 Å². The summed E-state index contributed by atoms with van der Waals surface area (Å²) in [7, 11) is 0. The van der Waals surface area contributed by atoms with Gasteiger partial charge < -0.3 is 14.2 Å². The van der Waals surface area contributed by atoms with Crippen molar-refractivity contribution in [3.8, 4) is 11.5 Å². The Morgan fingerprint density at radius 1 is 1.24 bits per heavy atom. The fourth-order valence-electron chi connectivity index (χ4n) is 1.61. The zero-order chi connectivity index (χ0) is 16.2. The van der Waals surface area contributed by atoms with Crippen LogP contribution in [0.25, 0.3) is 0 Å². The summed E-state index contributed by atoms with van der Waals surface area (Å²) >= 11 is 0. The minimum atomic E-state index is -1.25. The van der Waals surface area contributed by atoms with Crippen LogP contribution in [0.5, 0.6) is 11.5 Å². The van der Waals surface area contributed by atoms with Crippen LogP contribution < -0.4 is 9.47 Å². The summed E-state index contributed by atoms with van der Waals surface area (Å²) < 4.78 is 29.2. The van der Waals surface area contributed by atoms with Crippen LogP contribution in [0.2, 0.25) is 0 Å². The van der Waals surface area contributed by atoms with Gasteiger partial charge in [-0.25, -0.2) is 9.18 Å². The maximum absolute atomic E-state index is 14.1. The molecule has 1 aromatic rings. The zero-order valence-electron chi connectivity index (χ0n) is 12.8. The predicted octanol–water partition coefficient (Wildman–Crippen LogP) is 2.78. The van der Waals surface area contributed by atoms with Crippen molar-refractivity contribution in [2.24, 2.45) is 0 Å². The third kappa shape index (κ3) is 4.18. The molecule has 0 fully saturated rings. The number of carbonyl (C=O) groups is 2. The van der Waals surface area contributed by atoms with Crippen molar-refractivity contribution in [2.75, 3.05) is 6.61 Å². The van der Waals surface area contributed by atoms with Gasteiger partial charge in [-0.1, -0.05) is 0 Å². The predicted molar refractivity (Wildman–Crippen MR) is 73.8 cm³/mol. The van der Waals surface area contributed by atoms with Gasteiger partial charge in [0.15, 0.2) is 17.2 Å². The van der Waals surface area contributed by atoms with E-state index in [1.807, 2.05) is 0 Å². The molecule has 0 saturated heterocycles. The molecular weight excluding hydrogens is 279 g/mol. The van der Waals surface area contributed by atoms with Crippen LogP contribution in [0.15, 0.2) is 12.1 Å². The van der Waals surface area contributed by atoms with E-state index in [9.17, 15) is 14.0 Å². The van der Waals surface area contributed by atoms with Crippen molar-refractivity contribution in [3.63, 3.8) is 0 Å². The first-order chi connectivity index (χ1) is 9.69. The van der Waals surface area contributed by atoms with Crippen molar-refractivity contribution in [3.05, 3.63) is 23.5 Å². The number of benzene rings is 1. The van der Waals surface area contributed by atoms with Gasteiger partial charge in [0.05, 0.1) is 6.61 Å². The van der Waals surface area contributed by atoms with Crippen molar-refractivity contribution in [2.45, 2.75) is 40.2 Å². The number of ether oxygens (including phenoxy) is 3. The van der Waals surface area contributed by atoms with Crippen LogP contribution >= 0.6 is 0 Å². The van der Waals surface area contributed by atoms with E-state index in [1.165, 1.54) is 39.8 Å². The number of hydrogen-bond donors (Lipinski definition) is 0. The fourth-order valence-corrected chi connectivity index (χ4v) is 1.61. The van der Waals surface area contributed by atoms with Crippen LogP contribution in [0, 0.1) is 12.7 Å². The molecule has 0 N–H and O–H groups in total. The Morgan fingerprint density at radius 3 is 2.33 bits per heavy atom. The van der Waals surface area contributed by atoms with Gasteiger partial charge in [-0.2, -0.15) is 0 Å². The molecule has 0 saturated carbocycles. The second kappa shape index (κ2) is 6.56. The van der Waals surface area contributed by atoms with E-state index in [0.717, 1.165) is 0 Å². The van der Waals surface area contributed by atoms with Crippen molar-refractivity contribution in [1.82, 2.24) is 0 Å². The summed E-state index contributed by atoms with van der Waals surface area (Å²) in [5.41, 5.74) is -1.11. The Bertz CT molecular complexity index is 551. The SMILES string of the molecule is CCOC(=O)C(C)(C)Oc1ccc(OC(C)=O)c(F)c1C. The van der Waals surface area contributed by atoms with Gasteiger partial charge in [0.2, 0.25) is 0 Å². The molecule has 1 aromatic carbocycles. The van der Waals surface area contributed by atoms with Crippen LogP contribution in [-0.2, 0) is 14.3 Å². The zero-order valence-corrected chi connectivity index (χ0v) is 12.8. The molecular formula is C15H19FO5. The molecule has 1 rings (SSSR count). The van der Waals surface area contributed by atoms with E-state index in [1.54, 1.807) is 6.92 Å². The maximum Gasteiger partial charge on any atom is 0.349 e. The molecule has 0 aromatic heterocycles. The van der Waals surface area contributed by atoms with Gasteiger partial charge in [-0.15, -0.1) is 0 Å². The van der Waals surface area contributed by atoms with Crippen molar-refractivity contribution < 1.29 is 28.2 Å². The molecule has 0 amide bonds. The van der Waals surface area contributed by atoms with Gasteiger partial charge in [0.25, 0.3) is 0 Å². The van der Waals surface area contributed by atoms with Crippen LogP contribution in [0.3, 0.4) is 0 Å². The second-order valence-electron chi connectivity index (χ2n) is 4.93. The van der Waals surface area contributed by atoms with Crippen molar-refractivity contribution in [1.29, 1.82) is 0 Å². The summed E-state index contributed by atoms with van der Waals surface area (Å²) in [5, 5.41) is 0. The summed E-state index contributed by atoms with van der Waals surface area (Å²) in [4.78, 5) is 22.6. The smallest absolute Gasteiger partial charge is 0.349 e. The number of hydrogen-bond acceptors (Lipinski definition) is 5. The van der Waals surface area contributed by atoms with E-state index in [4.69, 9.17) is 14.2 Å².